The molecule has 2 nitrogen and oxygen atoms in total. The number of aryl methyl sites for hydroxylation is 3. The first-order valence-electron chi connectivity index (χ1n) is 5.32. The fourth-order valence-corrected chi connectivity index (χ4v) is 1.80. The van der Waals surface area contributed by atoms with Gasteiger partial charge in [0.15, 0.2) is 0 Å². The molecule has 1 aromatic heterocycles. The molecule has 1 aromatic carbocycles. The van der Waals surface area contributed by atoms with Gasteiger partial charge in [0, 0.05) is 11.3 Å². The maximum absolute atomic E-state index is 4.07. The lowest BCUT2D eigenvalue weighted by Gasteiger charge is -2.07. The molecule has 2 aromatic rings. The van der Waals surface area contributed by atoms with Crippen LogP contribution >= 0.6 is 0 Å². The van der Waals surface area contributed by atoms with Gasteiger partial charge in [-0.1, -0.05) is 25.1 Å². The molecule has 0 atom stereocenters. The summed E-state index contributed by atoms with van der Waals surface area (Å²) < 4.78 is 0. The van der Waals surface area contributed by atoms with E-state index in [4.69, 9.17) is 0 Å². The van der Waals surface area contributed by atoms with E-state index in [1.165, 1.54) is 22.3 Å². The Morgan fingerprint density at radius 2 is 2.00 bits per heavy atom. The van der Waals surface area contributed by atoms with Crippen molar-refractivity contribution in [2.24, 2.45) is 0 Å². The minimum absolute atomic E-state index is 1.07. The number of rotatable bonds is 2. The zero-order valence-electron chi connectivity index (χ0n) is 9.46. The second-order valence-corrected chi connectivity index (χ2v) is 3.91. The molecule has 0 aliphatic carbocycles. The molecule has 0 unspecified atom stereocenters. The molecular weight excluding hydrogens is 184 g/mol. The van der Waals surface area contributed by atoms with Crippen molar-refractivity contribution in [1.82, 2.24) is 10.2 Å². The Balaban J connectivity index is 2.56. The molecule has 0 fully saturated rings. The Labute approximate surface area is 90.3 Å². The topological polar surface area (TPSA) is 28.7 Å². The van der Waals surface area contributed by atoms with Crippen molar-refractivity contribution in [2.45, 2.75) is 27.2 Å². The van der Waals surface area contributed by atoms with Crippen molar-refractivity contribution in [3.63, 3.8) is 0 Å². The minimum Gasteiger partial charge on any atom is -0.282 e. The van der Waals surface area contributed by atoms with Crippen LogP contribution in [0.25, 0.3) is 11.1 Å². The number of H-pyrrole nitrogens is 1. The Bertz CT molecular complexity index is 469. The van der Waals surface area contributed by atoms with Gasteiger partial charge in [0.1, 0.15) is 0 Å². The summed E-state index contributed by atoms with van der Waals surface area (Å²) in [6, 6.07) is 6.63. The van der Waals surface area contributed by atoms with E-state index in [1.807, 2.05) is 6.20 Å². The molecule has 2 heteroatoms. The van der Waals surface area contributed by atoms with Crippen LogP contribution in [-0.2, 0) is 6.42 Å². The summed E-state index contributed by atoms with van der Waals surface area (Å²) in [6.45, 7) is 6.37. The molecule has 0 saturated heterocycles. The molecule has 0 radical (unpaired) electrons. The first-order valence-corrected chi connectivity index (χ1v) is 5.32. The van der Waals surface area contributed by atoms with Crippen LogP contribution in [0.2, 0.25) is 0 Å². The first kappa shape index (κ1) is 9.97. The Morgan fingerprint density at radius 3 is 2.60 bits per heavy atom. The monoisotopic (exact) mass is 200 g/mol. The predicted molar refractivity (Wildman–Crippen MR) is 62.9 cm³/mol. The number of aromatic amines is 1. The van der Waals surface area contributed by atoms with Crippen molar-refractivity contribution in [2.75, 3.05) is 0 Å². The maximum Gasteiger partial charge on any atom is 0.0568 e. The summed E-state index contributed by atoms with van der Waals surface area (Å²) in [5.74, 6) is 0. The first-order chi connectivity index (χ1) is 7.22. The fraction of sp³-hybridized carbons (Fsp3) is 0.308. The second-order valence-electron chi connectivity index (χ2n) is 3.91. The third kappa shape index (κ3) is 1.80. The lowest BCUT2D eigenvalue weighted by atomic mass is 9.98. The predicted octanol–water partition coefficient (Wildman–Crippen LogP) is 3.26. The highest BCUT2D eigenvalue weighted by atomic mass is 15.1. The molecule has 0 spiro atoms. The largest absolute Gasteiger partial charge is 0.282 e. The van der Waals surface area contributed by atoms with E-state index in [0.29, 0.717) is 0 Å². The normalized spacial score (nSPS) is 10.6. The van der Waals surface area contributed by atoms with Crippen LogP contribution in [-0.4, -0.2) is 10.2 Å². The molecule has 1 N–H and O–H groups in total. The summed E-state index contributed by atoms with van der Waals surface area (Å²) in [7, 11) is 0. The van der Waals surface area contributed by atoms with Gasteiger partial charge in [-0.05, 0) is 37.0 Å². The van der Waals surface area contributed by atoms with E-state index in [0.717, 1.165) is 12.1 Å². The van der Waals surface area contributed by atoms with Gasteiger partial charge in [-0.25, -0.2) is 0 Å². The highest BCUT2D eigenvalue weighted by Crippen LogP contribution is 2.26. The van der Waals surface area contributed by atoms with Gasteiger partial charge in [-0.15, -0.1) is 0 Å². The van der Waals surface area contributed by atoms with E-state index in [-0.39, 0.29) is 0 Å². The Hall–Kier alpha value is -1.57. The van der Waals surface area contributed by atoms with Crippen LogP contribution in [0.3, 0.4) is 0 Å². The van der Waals surface area contributed by atoms with Crippen LogP contribution < -0.4 is 0 Å². The molecule has 0 aliphatic rings. The zero-order valence-corrected chi connectivity index (χ0v) is 9.46. The van der Waals surface area contributed by atoms with E-state index in [2.05, 4.69) is 49.2 Å². The van der Waals surface area contributed by atoms with Crippen molar-refractivity contribution in [1.29, 1.82) is 0 Å². The summed E-state index contributed by atoms with van der Waals surface area (Å²) in [5, 5.41) is 7.05. The van der Waals surface area contributed by atoms with Gasteiger partial charge >= 0.3 is 0 Å². The van der Waals surface area contributed by atoms with Crippen molar-refractivity contribution in [3.05, 3.63) is 41.2 Å². The van der Waals surface area contributed by atoms with Gasteiger partial charge in [0.25, 0.3) is 0 Å². The van der Waals surface area contributed by atoms with E-state index in [1.54, 1.807) is 0 Å². The summed E-state index contributed by atoms with van der Waals surface area (Å²) in [5.41, 5.74) is 6.31. The van der Waals surface area contributed by atoms with Crippen molar-refractivity contribution >= 4 is 0 Å². The number of nitrogens with one attached hydrogen (secondary N) is 1. The molecule has 15 heavy (non-hydrogen) atoms. The standard InChI is InChI=1S/C13H16N2/c1-4-11-6-5-9(2)12(7-11)13-8-14-15-10(13)3/h5-8H,4H2,1-3H3,(H,14,15). The molecule has 1 heterocycles. The minimum atomic E-state index is 1.07. The van der Waals surface area contributed by atoms with Crippen LogP contribution in [0.1, 0.15) is 23.7 Å². The quantitative estimate of drug-likeness (QED) is 0.792. The Morgan fingerprint density at radius 1 is 1.20 bits per heavy atom. The average Bonchev–Trinajstić information content (AvgIpc) is 2.65. The third-order valence-electron chi connectivity index (χ3n) is 2.83. The second kappa shape index (κ2) is 3.89. The van der Waals surface area contributed by atoms with Gasteiger partial charge in [0.05, 0.1) is 6.20 Å². The smallest absolute Gasteiger partial charge is 0.0568 e. The molecule has 2 rings (SSSR count). The number of hydrogen-bond donors (Lipinski definition) is 1. The number of hydrogen-bond acceptors (Lipinski definition) is 1. The van der Waals surface area contributed by atoms with Gasteiger partial charge in [-0.2, -0.15) is 5.10 Å². The van der Waals surface area contributed by atoms with Gasteiger partial charge in [-0.3, -0.25) is 5.10 Å². The maximum atomic E-state index is 4.07. The molecular formula is C13H16N2. The zero-order chi connectivity index (χ0) is 10.8. The molecule has 0 aliphatic heterocycles. The lowest BCUT2D eigenvalue weighted by molar-refractivity contribution is 1.05. The summed E-state index contributed by atoms with van der Waals surface area (Å²) in [6.07, 6.45) is 2.97. The summed E-state index contributed by atoms with van der Waals surface area (Å²) in [4.78, 5) is 0. The van der Waals surface area contributed by atoms with Crippen LogP contribution in [0.5, 0.6) is 0 Å². The highest BCUT2D eigenvalue weighted by Gasteiger charge is 2.07. The van der Waals surface area contributed by atoms with Crippen molar-refractivity contribution < 1.29 is 0 Å². The Kier molecular flexibility index (Phi) is 2.58. The number of benzene rings is 1. The van der Waals surface area contributed by atoms with E-state index < -0.39 is 0 Å². The van der Waals surface area contributed by atoms with Crippen LogP contribution in [0, 0.1) is 13.8 Å². The van der Waals surface area contributed by atoms with Crippen LogP contribution in [0.4, 0.5) is 0 Å². The van der Waals surface area contributed by atoms with Crippen LogP contribution in [0.15, 0.2) is 24.4 Å². The fourth-order valence-electron chi connectivity index (χ4n) is 1.80. The molecule has 0 saturated carbocycles. The molecule has 0 bridgehead atoms. The SMILES string of the molecule is CCc1ccc(C)c(-c2cn[nH]c2C)c1. The third-order valence-corrected chi connectivity index (χ3v) is 2.83. The number of aromatic nitrogens is 2. The van der Waals surface area contributed by atoms with Crippen molar-refractivity contribution in [3.8, 4) is 11.1 Å². The van der Waals surface area contributed by atoms with E-state index in [9.17, 15) is 0 Å². The van der Waals surface area contributed by atoms with Gasteiger partial charge in [0.2, 0.25) is 0 Å². The van der Waals surface area contributed by atoms with Gasteiger partial charge < -0.3 is 0 Å². The number of nitrogens with zero attached hydrogens (tertiary/aromatic N) is 1. The average molecular weight is 200 g/mol. The van der Waals surface area contributed by atoms with E-state index >= 15 is 0 Å². The molecule has 0 amide bonds. The summed E-state index contributed by atoms with van der Waals surface area (Å²) >= 11 is 0. The highest BCUT2D eigenvalue weighted by molar-refractivity contribution is 5.69. The lowest BCUT2D eigenvalue weighted by Crippen LogP contribution is -1.87. The molecule has 78 valence electrons.